The molecule has 18 heavy (non-hydrogen) atoms. The lowest BCUT2D eigenvalue weighted by molar-refractivity contribution is 0.191. The first kappa shape index (κ1) is 17.9. The molecule has 0 radical (unpaired) electrons. The third-order valence-electron chi connectivity index (χ3n) is 3.74. The van der Waals surface area contributed by atoms with Crippen LogP contribution in [0.5, 0.6) is 0 Å². The largest absolute Gasteiger partial charge is 0.396 e. The molecule has 0 aliphatic carbocycles. The minimum Gasteiger partial charge on any atom is -0.396 e. The molecule has 0 aromatic rings. The number of rotatable bonds is 14. The fourth-order valence-corrected chi connectivity index (χ4v) is 2.45. The van der Waals surface area contributed by atoms with Crippen molar-refractivity contribution in [2.24, 2.45) is 5.92 Å². The maximum Gasteiger partial charge on any atom is 0.0459 e. The summed E-state index contributed by atoms with van der Waals surface area (Å²) in [6.07, 6.45) is 15.2. The zero-order valence-corrected chi connectivity index (χ0v) is 12.4. The van der Waals surface area contributed by atoms with Gasteiger partial charge in [-0.15, -0.1) is 0 Å². The third-order valence-corrected chi connectivity index (χ3v) is 3.74. The Morgan fingerprint density at radius 2 is 1.17 bits per heavy atom. The molecule has 1 atom stereocenters. The normalized spacial score (nSPS) is 12.8. The van der Waals surface area contributed by atoms with Crippen LogP contribution >= 0.6 is 0 Å². The van der Waals surface area contributed by atoms with Gasteiger partial charge >= 0.3 is 0 Å². The van der Waals surface area contributed by atoms with Crippen LogP contribution in [0.3, 0.4) is 0 Å². The molecule has 0 aliphatic heterocycles. The molecule has 0 aliphatic rings. The van der Waals surface area contributed by atoms with Gasteiger partial charge in [-0.3, -0.25) is 0 Å². The van der Waals surface area contributed by atoms with Crippen LogP contribution in [0.15, 0.2) is 0 Å². The van der Waals surface area contributed by atoms with Gasteiger partial charge in [-0.25, -0.2) is 0 Å². The van der Waals surface area contributed by atoms with Crippen molar-refractivity contribution in [2.75, 3.05) is 13.2 Å². The Labute approximate surface area is 114 Å². The highest BCUT2D eigenvalue weighted by Crippen LogP contribution is 2.16. The van der Waals surface area contributed by atoms with E-state index in [0.717, 1.165) is 19.3 Å². The third kappa shape index (κ3) is 12.4. The Balaban J connectivity index is 3.17. The van der Waals surface area contributed by atoms with Crippen molar-refractivity contribution in [1.82, 2.24) is 0 Å². The summed E-state index contributed by atoms with van der Waals surface area (Å²) < 4.78 is 0. The maximum absolute atomic E-state index is 9.19. The second-order valence-electron chi connectivity index (χ2n) is 5.53. The molecule has 2 heteroatoms. The molecule has 1 unspecified atom stereocenters. The number of aliphatic hydroxyl groups is 2. The number of aliphatic hydroxyl groups excluding tert-OH is 2. The topological polar surface area (TPSA) is 40.5 Å². The lowest BCUT2D eigenvalue weighted by Crippen LogP contribution is -2.06. The van der Waals surface area contributed by atoms with Gasteiger partial charge in [0.05, 0.1) is 0 Å². The SMILES string of the molecule is CCCCCCCCCCCC(CO)CCCO. The Morgan fingerprint density at radius 1 is 0.667 bits per heavy atom. The quantitative estimate of drug-likeness (QED) is 0.456. The first-order chi connectivity index (χ1) is 8.85. The minimum absolute atomic E-state index is 0.258. The molecule has 0 rings (SSSR count). The van der Waals surface area contributed by atoms with Gasteiger partial charge in [-0.2, -0.15) is 0 Å². The van der Waals surface area contributed by atoms with Crippen molar-refractivity contribution in [3.63, 3.8) is 0 Å². The lowest BCUT2D eigenvalue weighted by atomic mass is 9.96. The van der Waals surface area contributed by atoms with E-state index in [1.165, 1.54) is 57.8 Å². The second-order valence-corrected chi connectivity index (χ2v) is 5.53. The molecule has 0 aromatic heterocycles. The lowest BCUT2D eigenvalue weighted by Gasteiger charge is -2.12. The smallest absolute Gasteiger partial charge is 0.0459 e. The Hall–Kier alpha value is -0.0800. The fourth-order valence-electron chi connectivity index (χ4n) is 2.45. The molecule has 2 nitrogen and oxygen atoms in total. The molecule has 0 saturated heterocycles. The first-order valence-electron chi connectivity index (χ1n) is 8.06. The highest BCUT2D eigenvalue weighted by Gasteiger charge is 2.06. The van der Waals surface area contributed by atoms with E-state index in [4.69, 9.17) is 5.11 Å². The Kier molecular flexibility index (Phi) is 14.9. The highest BCUT2D eigenvalue weighted by molar-refractivity contribution is 4.58. The van der Waals surface area contributed by atoms with E-state index in [0.29, 0.717) is 5.92 Å². The van der Waals surface area contributed by atoms with Gasteiger partial charge in [-0.1, -0.05) is 64.7 Å². The van der Waals surface area contributed by atoms with Crippen molar-refractivity contribution in [2.45, 2.75) is 84.0 Å². The zero-order chi connectivity index (χ0) is 13.5. The summed E-state index contributed by atoms with van der Waals surface area (Å²) in [6, 6.07) is 0. The average molecular weight is 258 g/mol. The van der Waals surface area contributed by atoms with Crippen LogP contribution < -0.4 is 0 Å². The van der Waals surface area contributed by atoms with Crippen LogP contribution in [0, 0.1) is 5.92 Å². The van der Waals surface area contributed by atoms with Gasteiger partial charge in [-0.05, 0) is 25.2 Å². The van der Waals surface area contributed by atoms with Gasteiger partial charge in [0.1, 0.15) is 0 Å². The molecular formula is C16H34O2. The fraction of sp³-hybridized carbons (Fsp3) is 1.00. The van der Waals surface area contributed by atoms with Gasteiger partial charge in [0, 0.05) is 13.2 Å². The van der Waals surface area contributed by atoms with Crippen LogP contribution in [-0.2, 0) is 0 Å². The molecule has 0 aromatic carbocycles. The predicted molar refractivity (Wildman–Crippen MR) is 78.7 cm³/mol. The van der Waals surface area contributed by atoms with E-state index in [2.05, 4.69) is 6.92 Å². The van der Waals surface area contributed by atoms with E-state index in [-0.39, 0.29) is 13.2 Å². The van der Waals surface area contributed by atoms with Gasteiger partial charge < -0.3 is 10.2 Å². The Bertz CT molecular complexity index is 148. The summed E-state index contributed by atoms with van der Waals surface area (Å²) in [5, 5.41) is 18.0. The van der Waals surface area contributed by atoms with Crippen LogP contribution in [0.1, 0.15) is 84.0 Å². The van der Waals surface area contributed by atoms with Crippen molar-refractivity contribution in [3.8, 4) is 0 Å². The summed E-state index contributed by atoms with van der Waals surface area (Å²) in [7, 11) is 0. The molecule has 2 N–H and O–H groups in total. The van der Waals surface area contributed by atoms with Crippen LogP contribution in [-0.4, -0.2) is 23.4 Å². The predicted octanol–water partition coefficient (Wildman–Crippen LogP) is 4.29. The molecule has 0 bridgehead atoms. The molecule has 0 saturated carbocycles. The van der Waals surface area contributed by atoms with E-state index in [1.54, 1.807) is 0 Å². The van der Waals surface area contributed by atoms with Gasteiger partial charge in [0.2, 0.25) is 0 Å². The van der Waals surface area contributed by atoms with Crippen molar-refractivity contribution < 1.29 is 10.2 Å². The minimum atomic E-state index is 0.258. The van der Waals surface area contributed by atoms with Crippen LogP contribution in [0.4, 0.5) is 0 Å². The molecule has 0 spiro atoms. The molecule has 0 fully saturated rings. The van der Waals surface area contributed by atoms with E-state index < -0.39 is 0 Å². The highest BCUT2D eigenvalue weighted by atomic mass is 16.3. The summed E-state index contributed by atoms with van der Waals surface area (Å²) in [5.41, 5.74) is 0. The molecular weight excluding hydrogens is 224 g/mol. The van der Waals surface area contributed by atoms with Crippen molar-refractivity contribution in [1.29, 1.82) is 0 Å². The maximum atomic E-state index is 9.19. The summed E-state index contributed by atoms with van der Waals surface area (Å²) >= 11 is 0. The standard InChI is InChI=1S/C16H34O2/c1-2-3-4-5-6-7-8-9-10-12-16(15-18)13-11-14-17/h16-18H,2-15H2,1H3. The first-order valence-corrected chi connectivity index (χ1v) is 8.06. The zero-order valence-electron chi connectivity index (χ0n) is 12.4. The van der Waals surface area contributed by atoms with Crippen LogP contribution in [0.2, 0.25) is 0 Å². The van der Waals surface area contributed by atoms with E-state index in [1.807, 2.05) is 0 Å². The average Bonchev–Trinajstić information content (AvgIpc) is 2.40. The van der Waals surface area contributed by atoms with E-state index in [9.17, 15) is 5.11 Å². The second kappa shape index (κ2) is 15.0. The number of unbranched alkanes of at least 4 members (excludes halogenated alkanes) is 8. The Morgan fingerprint density at radius 3 is 1.67 bits per heavy atom. The van der Waals surface area contributed by atoms with E-state index >= 15 is 0 Å². The van der Waals surface area contributed by atoms with Gasteiger partial charge in [0.25, 0.3) is 0 Å². The summed E-state index contributed by atoms with van der Waals surface area (Å²) in [4.78, 5) is 0. The van der Waals surface area contributed by atoms with Crippen LogP contribution in [0.25, 0.3) is 0 Å². The monoisotopic (exact) mass is 258 g/mol. The van der Waals surface area contributed by atoms with Crippen molar-refractivity contribution in [3.05, 3.63) is 0 Å². The van der Waals surface area contributed by atoms with Crippen molar-refractivity contribution >= 4 is 0 Å². The molecule has 0 amide bonds. The summed E-state index contributed by atoms with van der Waals surface area (Å²) in [6.45, 7) is 2.81. The number of hydrogen-bond donors (Lipinski definition) is 2. The molecule has 0 heterocycles. The molecule has 110 valence electrons. The number of hydrogen-bond acceptors (Lipinski definition) is 2. The summed E-state index contributed by atoms with van der Waals surface area (Å²) in [5.74, 6) is 0.418. The van der Waals surface area contributed by atoms with Gasteiger partial charge in [0.15, 0.2) is 0 Å².